The highest BCUT2D eigenvalue weighted by atomic mass is 32.1. The van der Waals surface area contributed by atoms with Crippen molar-refractivity contribution in [3.05, 3.63) is 27.3 Å². The Kier molecular flexibility index (Phi) is 3.83. The van der Waals surface area contributed by atoms with Gasteiger partial charge in [-0.2, -0.15) is 11.3 Å². The summed E-state index contributed by atoms with van der Waals surface area (Å²) in [6, 6.07) is 1.95. The number of amides is 1. The summed E-state index contributed by atoms with van der Waals surface area (Å²) in [5.74, 6) is 0.0737. The van der Waals surface area contributed by atoms with Gasteiger partial charge in [-0.3, -0.25) is 4.79 Å². The molecule has 0 saturated heterocycles. The minimum absolute atomic E-state index is 0.0386. The first kappa shape index (κ1) is 12.8. The van der Waals surface area contributed by atoms with Crippen LogP contribution in [-0.2, 0) is 0 Å². The molecule has 18 heavy (non-hydrogen) atoms. The van der Waals surface area contributed by atoms with Crippen molar-refractivity contribution in [1.29, 1.82) is 0 Å². The Bertz CT molecular complexity index is 535. The molecule has 2 aromatic heterocycles. The van der Waals surface area contributed by atoms with Crippen LogP contribution in [0.1, 0.15) is 28.2 Å². The van der Waals surface area contributed by atoms with E-state index in [9.17, 15) is 4.79 Å². The third kappa shape index (κ3) is 2.62. The maximum Gasteiger partial charge on any atom is 0.265 e. The lowest BCUT2D eigenvalue weighted by molar-refractivity contribution is 0.0944. The molecule has 0 bridgehead atoms. The van der Waals surface area contributed by atoms with E-state index < -0.39 is 0 Å². The first-order chi connectivity index (χ1) is 8.61. The summed E-state index contributed by atoms with van der Waals surface area (Å²) in [6.07, 6.45) is 0. The van der Waals surface area contributed by atoms with Crippen molar-refractivity contribution in [2.24, 2.45) is 0 Å². The van der Waals surface area contributed by atoms with Crippen molar-refractivity contribution in [3.63, 3.8) is 0 Å². The lowest BCUT2D eigenvalue weighted by atomic mass is 10.2. The number of nitrogens with two attached hydrogens (primary N) is 1. The molecule has 1 unspecified atom stereocenters. The van der Waals surface area contributed by atoms with Crippen LogP contribution < -0.4 is 16.4 Å². The van der Waals surface area contributed by atoms with Crippen molar-refractivity contribution in [1.82, 2.24) is 10.3 Å². The number of aromatic nitrogens is 1. The van der Waals surface area contributed by atoms with Crippen LogP contribution >= 0.6 is 22.7 Å². The molecule has 5 nitrogen and oxygen atoms in total. The van der Waals surface area contributed by atoms with E-state index in [4.69, 9.17) is 5.73 Å². The maximum absolute atomic E-state index is 12.1. The van der Waals surface area contributed by atoms with E-state index in [0.29, 0.717) is 10.0 Å². The summed E-state index contributed by atoms with van der Waals surface area (Å²) in [6.45, 7) is 1.94. The summed E-state index contributed by atoms with van der Waals surface area (Å²) >= 11 is 2.86. The lowest BCUT2D eigenvalue weighted by Crippen LogP contribution is -2.26. The second kappa shape index (κ2) is 5.36. The minimum atomic E-state index is -0.190. The van der Waals surface area contributed by atoms with Crippen molar-refractivity contribution >= 4 is 39.5 Å². The number of thiazole rings is 1. The molecule has 2 heterocycles. The van der Waals surface area contributed by atoms with E-state index in [1.54, 1.807) is 18.4 Å². The average Bonchev–Trinajstić information content (AvgIpc) is 2.97. The molecule has 4 N–H and O–H groups in total. The van der Waals surface area contributed by atoms with Gasteiger partial charge in [0.1, 0.15) is 10.7 Å². The van der Waals surface area contributed by atoms with Crippen LogP contribution in [0.4, 0.5) is 10.9 Å². The molecule has 96 valence electrons. The molecule has 0 radical (unpaired) electrons. The molecule has 2 rings (SSSR count). The summed E-state index contributed by atoms with van der Waals surface area (Å²) in [7, 11) is 1.74. The van der Waals surface area contributed by atoms with Gasteiger partial charge < -0.3 is 16.4 Å². The maximum atomic E-state index is 12.1. The molecule has 0 aliphatic rings. The Morgan fingerprint density at radius 1 is 1.56 bits per heavy atom. The molecular weight excluding hydrogens is 268 g/mol. The van der Waals surface area contributed by atoms with Crippen LogP contribution in [0.15, 0.2) is 16.8 Å². The van der Waals surface area contributed by atoms with Gasteiger partial charge in [-0.15, -0.1) is 0 Å². The Morgan fingerprint density at radius 2 is 2.33 bits per heavy atom. The summed E-state index contributed by atoms with van der Waals surface area (Å²) in [5, 5.41) is 10.4. The largest absolute Gasteiger partial charge is 0.382 e. The van der Waals surface area contributed by atoms with Gasteiger partial charge in [0.05, 0.1) is 6.04 Å². The number of rotatable bonds is 4. The van der Waals surface area contributed by atoms with Gasteiger partial charge in [0, 0.05) is 7.05 Å². The molecule has 0 aliphatic heterocycles. The van der Waals surface area contributed by atoms with Gasteiger partial charge in [0.15, 0.2) is 5.13 Å². The highest BCUT2D eigenvalue weighted by molar-refractivity contribution is 7.18. The van der Waals surface area contributed by atoms with Crippen LogP contribution in [0.25, 0.3) is 0 Å². The van der Waals surface area contributed by atoms with Gasteiger partial charge in [0.25, 0.3) is 5.91 Å². The number of hydrogen-bond acceptors (Lipinski definition) is 6. The molecule has 1 atom stereocenters. The number of nitrogen functional groups attached to an aromatic ring is 1. The molecule has 0 fully saturated rings. The van der Waals surface area contributed by atoms with Crippen LogP contribution in [-0.4, -0.2) is 17.9 Å². The Balaban J connectivity index is 2.09. The van der Waals surface area contributed by atoms with Gasteiger partial charge in [-0.05, 0) is 29.3 Å². The molecule has 0 spiro atoms. The molecule has 0 aliphatic carbocycles. The van der Waals surface area contributed by atoms with Crippen molar-refractivity contribution < 1.29 is 4.79 Å². The number of carbonyl (C=O) groups excluding carboxylic acids is 1. The number of carbonyl (C=O) groups is 1. The van der Waals surface area contributed by atoms with Gasteiger partial charge in [-0.1, -0.05) is 11.3 Å². The van der Waals surface area contributed by atoms with Crippen LogP contribution in [0.3, 0.4) is 0 Å². The summed E-state index contributed by atoms with van der Waals surface area (Å²) < 4.78 is 0. The highest BCUT2D eigenvalue weighted by Crippen LogP contribution is 2.25. The zero-order valence-electron chi connectivity index (χ0n) is 10.1. The predicted molar refractivity (Wildman–Crippen MR) is 76.3 cm³/mol. The SMILES string of the molecule is CNc1nc(N)c(C(=O)NC(C)c2ccsc2)s1. The van der Waals surface area contributed by atoms with E-state index in [2.05, 4.69) is 15.6 Å². The average molecular weight is 282 g/mol. The first-order valence-electron chi connectivity index (χ1n) is 5.39. The number of hydrogen-bond donors (Lipinski definition) is 3. The Hall–Kier alpha value is -1.60. The third-order valence-electron chi connectivity index (χ3n) is 2.46. The molecule has 2 aromatic rings. The van der Waals surface area contributed by atoms with E-state index in [0.717, 1.165) is 5.56 Å². The molecule has 0 saturated carbocycles. The number of anilines is 2. The first-order valence-corrected chi connectivity index (χ1v) is 7.14. The second-order valence-corrected chi connectivity index (χ2v) is 5.51. The molecule has 0 aromatic carbocycles. The molecule has 1 amide bonds. The Labute approximate surface area is 113 Å². The highest BCUT2D eigenvalue weighted by Gasteiger charge is 2.18. The summed E-state index contributed by atoms with van der Waals surface area (Å²) in [5.41, 5.74) is 6.80. The normalized spacial score (nSPS) is 12.1. The van der Waals surface area contributed by atoms with Crippen molar-refractivity contribution in [2.45, 2.75) is 13.0 Å². The standard InChI is InChI=1S/C11H14N4OS2/c1-6(7-3-4-17-5-7)14-10(16)8-9(12)15-11(13-2)18-8/h3-6H,12H2,1-2H3,(H,13,15)(H,14,16). The molecule has 7 heteroatoms. The zero-order valence-corrected chi connectivity index (χ0v) is 11.7. The van der Waals surface area contributed by atoms with Gasteiger partial charge in [0.2, 0.25) is 0 Å². The summed E-state index contributed by atoms with van der Waals surface area (Å²) in [4.78, 5) is 16.5. The fraction of sp³-hybridized carbons (Fsp3) is 0.273. The monoisotopic (exact) mass is 282 g/mol. The van der Waals surface area contributed by atoms with E-state index in [1.165, 1.54) is 11.3 Å². The second-order valence-electron chi connectivity index (χ2n) is 3.74. The zero-order chi connectivity index (χ0) is 13.1. The van der Waals surface area contributed by atoms with Crippen LogP contribution in [0.2, 0.25) is 0 Å². The van der Waals surface area contributed by atoms with Crippen molar-refractivity contribution in [2.75, 3.05) is 18.1 Å². The number of thiophene rings is 1. The van der Waals surface area contributed by atoms with E-state index in [-0.39, 0.29) is 17.8 Å². The number of nitrogens with zero attached hydrogens (tertiary/aromatic N) is 1. The minimum Gasteiger partial charge on any atom is -0.382 e. The quantitative estimate of drug-likeness (QED) is 0.804. The van der Waals surface area contributed by atoms with Gasteiger partial charge >= 0.3 is 0 Å². The predicted octanol–water partition coefficient (Wildman–Crippen LogP) is 2.32. The lowest BCUT2D eigenvalue weighted by Gasteiger charge is -2.11. The van der Waals surface area contributed by atoms with Gasteiger partial charge in [-0.25, -0.2) is 4.98 Å². The van der Waals surface area contributed by atoms with Crippen molar-refractivity contribution in [3.8, 4) is 0 Å². The smallest absolute Gasteiger partial charge is 0.265 e. The van der Waals surface area contributed by atoms with E-state index in [1.807, 2.05) is 23.8 Å². The fourth-order valence-electron chi connectivity index (χ4n) is 1.47. The van der Waals surface area contributed by atoms with Crippen LogP contribution in [0.5, 0.6) is 0 Å². The van der Waals surface area contributed by atoms with E-state index >= 15 is 0 Å². The topological polar surface area (TPSA) is 80.0 Å². The Morgan fingerprint density at radius 3 is 2.89 bits per heavy atom. The van der Waals surface area contributed by atoms with Crippen LogP contribution in [0, 0.1) is 0 Å². The fourth-order valence-corrected chi connectivity index (χ4v) is 2.96. The number of nitrogens with one attached hydrogen (secondary N) is 2. The molecular formula is C11H14N4OS2. The third-order valence-corrected chi connectivity index (χ3v) is 4.25.